The van der Waals surface area contributed by atoms with Crippen molar-refractivity contribution in [3.63, 3.8) is 0 Å². The van der Waals surface area contributed by atoms with Crippen LogP contribution in [0.5, 0.6) is 17.4 Å². The van der Waals surface area contributed by atoms with Crippen molar-refractivity contribution in [3.8, 4) is 28.6 Å². The van der Waals surface area contributed by atoms with Crippen LogP contribution in [0.1, 0.15) is 13.3 Å². The second-order valence-electron chi connectivity index (χ2n) is 5.66. The molecule has 2 aromatic heterocycles. The van der Waals surface area contributed by atoms with E-state index in [0.717, 1.165) is 23.3 Å². The van der Waals surface area contributed by atoms with E-state index >= 15 is 0 Å². The molecule has 0 atom stereocenters. The van der Waals surface area contributed by atoms with Crippen molar-refractivity contribution >= 4 is 5.65 Å². The molecule has 3 aromatic rings. The van der Waals surface area contributed by atoms with E-state index in [0.29, 0.717) is 37.2 Å². The molecule has 0 aliphatic heterocycles. The maximum absolute atomic E-state index is 5.67. The van der Waals surface area contributed by atoms with Gasteiger partial charge in [0.15, 0.2) is 17.1 Å². The van der Waals surface area contributed by atoms with E-state index in [1.807, 2.05) is 36.5 Å². The Morgan fingerprint density at radius 3 is 2.62 bits per heavy atom. The minimum atomic E-state index is 0.463. The minimum Gasteiger partial charge on any atom is -0.493 e. The first-order valence-corrected chi connectivity index (χ1v) is 8.54. The molecule has 0 saturated heterocycles. The van der Waals surface area contributed by atoms with Crippen molar-refractivity contribution in [3.05, 3.63) is 36.5 Å². The molecule has 7 heteroatoms. The lowest BCUT2D eigenvalue weighted by Gasteiger charge is -2.11. The van der Waals surface area contributed by atoms with Crippen molar-refractivity contribution < 1.29 is 18.9 Å². The van der Waals surface area contributed by atoms with Gasteiger partial charge in [-0.3, -0.25) is 0 Å². The van der Waals surface area contributed by atoms with Crippen molar-refractivity contribution in [2.45, 2.75) is 13.3 Å². The van der Waals surface area contributed by atoms with Gasteiger partial charge in [0.2, 0.25) is 5.88 Å². The van der Waals surface area contributed by atoms with Crippen LogP contribution in [0.2, 0.25) is 0 Å². The highest BCUT2D eigenvalue weighted by Crippen LogP contribution is 2.32. The van der Waals surface area contributed by atoms with E-state index in [1.165, 1.54) is 0 Å². The van der Waals surface area contributed by atoms with Gasteiger partial charge in [0.1, 0.15) is 6.61 Å². The number of ether oxygens (including phenoxy) is 4. The van der Waals surface area contributed by atoms with Crippen LogP contribution in [0.15, 0.2) is 36.5 Å². The van der Waals surface area contributed by atoms with Gasteiger partial charge in [-0.1, -0.05) is 6.92 Å². The molecule has 0 bridgehead atoms. The number of fused-ring (bicyclic) bond motifs is 1. The van der Waals surface area contributed by atoms with Crippen LogP contribution in [-0.2, 0) is 4.74 Å². The van der Waals surface area contributed by atoms with Crippen LogP contribution in [0, 0.1) is 0 Å². The summed E-state index contributed by atoms with van der Waals surface area (Å²) in [5.74, 6) is 1.91. The first kappa shape index (κ1) is 18.0. The highest BCUT2D eigenvalue weighted by Gasteiger charge is 2.11. The van der Waals surface area contributed by atoms with Gasteiger partial charge in [0, 0.05) is 18.7 Å². The zero-order chi connectivity index (χ0) is 18.4. The topological polar surface area (TPSA) is 67.1 Å². The Morgan fingerprint density at radius 2 is 1.85 bits per heavy atom. The second kappa shape index (κ2) is 8.53. The summed E-state index contributed by atoms with van der Waals surface area (Å²) >= 11 is 0. The summed E-state index contributed by atoms with van der Waals surface area (Å²) in [5, 5.41) is 4.43. The maximum Gasteiger partial charge on any atom is 0.231 e. The number of nitrogens with zero attached hydrogens (tertiary/aromatic N) is 3. The van der Waals surface area contributed by atoms with Gasteiger partial charge in [-0.15, -0.1) is 5.10 Å². The lowest BCUT2D eigenvalue weighted by Crippen LogP contribution is -2.05. The van der Waals surface area contributed by atoms with Gasteiger partial charge in [-0.25, -0.2) is 9.50 Å². The van der Waals surface area contributed by atoms with E-state index < -0.39 is 0 Å². The monoisotopic (exact) mass is 357 g/mol. The predicted molar refractivity (Wildman–Crippen MR) is 98.1 cm³/mol. The van der Waals surface area contributed by atoms with Crippen LogP contribution in [-0.4, -0.2) is 48.6 Å². The Kier molecular flexibility index (Phi) is 5.91. The smallest absolute Gasteiger partial charge is 0.231 e. The first-order chi connectivity index (χ1) is 12.7. The molecule has 0 fully saturated rings. The molecule has 7 nitrogen and oxygen atoms in total. The first-order valence-electron chi connectivity index (χ1n) is 8.54. The summed E-state index contributed by atoms with van der Waals surface area (Å²) in [6, 6.07) is 9.44. The summed E-state index contributed by atoms with van der Waals surface area (Å²) in [7, 11) is 3.25. The zero-order valence-corrected chi connectivity index (χ0v) is 15.3. The van der Waals surface area contributed by atoms with Gasteiger partial charge in [-0.05, 0) is 30.7 Å². The highest BCUT2D eigenvalue weighted by molar-refractivity contribution is 5.66. The Balaban J connectivity index is 1.85. The molecule has 0 unspecified atom stereocenters. The molecule has 1 aromatic carbocycles. The summed E-state index contributed by atoms with van der Waals surface area (Å²) in [6.07, 6.45) is 2.81. The third kappa shape index (κ3) is 4.05. The summed E-state index contributed by atoms with van der Waals surface area (Å²) in [4.78, 5) is 4.61. The largest absolute Gasteiger partial charge is 0.493 e. The third-order valence-corrected chi connectivity index (χ3v) is 3.75. The van der Waals surface area contributed by atoms with Crippen LogP contribution in [0.4, 0.5) is 0 Å². The number of hydrogen-bond donors (Lipinski definition) is 0. The van der Waals surface area contributed by atoms with Crippen molar-refractivity contribution in [1.82, 2.24) is 14.6 Å². The fraction of sp³-hybridized carbons (Fsp3) is 0.368. The summed E-state index contributed by atoms with van der Waals surface area (Å²) < 4.78 is 23.4. The quantitative estimate of drug-likeness (QED) is 0.548. The van der Waals surface area contributed by atoms with Gasteiger partial charge in [-0.2, -0.15) is 0 Å². The fourth-order valence-corrected chi connectivity index (χ4v) is 2.47. The number of benzene rings is 1. The SMILES string of the molecule is CCCOc1ccc2nc(-c3ccc(OCCOC)c(OC)c3)cn2n1. The Morgan fingerprint density at radius 1 is 0.962 bits per heavy atom. The van der Waals surface area contributed by atoms with Crippen LogP contribution in [0.3, 0.4) is 0 Å². The predicted octanol–water partition coefficient (Wildman–Crippen LogP) is 3.22. The molecule has 0 amide bonds. The molecule has 0 aliphatic carbocycles. The van der Waals surface area contributed by atoms with Gasteiger partial charge >= 0.3 is 0 Å². The normalized spacial score (nSPS) is 10.9. The molecular weight excluding hydrogens is 334 g/mol. The molecule has 0 N–H and O–H groups in total. The average molecular weight is 357 g/mol. The second-order valence-corrected chi connectivity index (χ2v) is 5.66. The zero-order valence-electron chi connectivity index (χ0n) is 15.3. The van der Waals surface area contributed by atoms with Gasteiger partial charge < -0.3 is 18.9 Å². The average Bonchev–Trinajstić information content (AvgIpc) is 3.10. The van der Waals surface area contributed by atoms with Crippen molar-refractivity contribution in [1.29, 1.82) is 0 Å². The van der Waals surface area contributed by atoms with E-state index in [-0.39, 0.29) is 0 Å². The number of rotatable bonds is 9. The van der Waals surface area contributed by atoms with Gasteiger partial charge in [0.25, 0.3) is 0 Å². The van der Waals surface area contributed by atoms with E-state index in [4.69, 9.17) is 18.9 Å². The molecule has 0 saturated carbocycles. The molecule has 26 heavy (non-hydrogen) atoms. The Labute approximate surface area is 152 Å². The number of hydrogen-bond acceptors (Lipinski definition) is 6. The highest BCUT2D eigenvalue weighted by atomic mass is 16.5. The van der Waals surface area contributed by atoms with Crippen LogP contribution >= 0.6 is 0 Å². The molecule has 0 spiro atoms. The van der Waals surface area contributed by atoms with E-state index in [2.05, 4.69) is 17.0 Å². The molecule has 138 valence electrons. The lowest BCUT2D eigenvalue weighted by molar-refractivity contribution is 0.144. The van der Waals surface area contributed by atoms with Crippen LogP contribution in [0.25, 0.3) is 16.9 Å². The van der Waals surface area contributed by atoms with E-state index in [1.54, 1.807) is 18.7 Å². The molecular formula is C19H23N3O4. The van der Waals surface area contributed by atoms with Crippen molar-refractivity contribution in [2.75, 3.05) is 34.0 Å². The minimum absolute atomic E-state index is 0.463. The number of imidazole rings is 1. The molecule has 2 heterocycles. The lowest BCUT2D eigenvalue weighted by atomic mass is 10.1. The molecule has 0 radical (unpaired) electrons. The molecule has 3 rings (SSSR count). The van der Waals surface area contributed by atoms with Gasteiger partial charge in [0.05, 0.1) is 32.2 Å². The fourth-order valence-electron chi connectivity index (χ4n) is 2.47. The summed E-state index contributed by atoms with van der Waals surface area (Å²) in [5.41, 5.74) is 2.47. The maximum atomic E-state index is 5.67. The summed E-state index contributed by atoms with van der Waals surface area (Å²) in [6.45, 7) is 3.68. The third-order valence-electron chi connectivity index (χ3n) is 3.75. The van der Waals surface area contributed by atoms with Crippen LogP contribution < -0.4 is 14.2 Å². The number of methoxy groups -OCH3 is 2. The standard InChI is InChI=1S/C19H23N3O4/c1-4-9-26-19-8-7-18-20-15(13-22(18)21-19)14-5-6-16(17(12-14)24-3)25-11-10-23-2/h5-8,12-13H,4,9-11H2,1-3H3. The van der Waals surface area contributed by atoms with E-state index in [9.17, 15) is 0 Å². The Hall–Kier alpha value is -2.80. The van der Waals surface area contributed by atoms with Crippen molar-refractivity contribution in [2.24, 2.45) is 0 Å². The Bertz CT molecular complexity index is 863. The molecule has 0 aliphatic rings. The number of aromatic nitrogens is 3.